The fraction of sp³-hybridized carbons (Fsp3) is 0.533. The molecule has 0 aliphatic rings. The normalized spacial score (nSPS) is 10.8. The van der Waals surface area contributed by atoms with E-state index in [1.807, 2.05) is 45.0 Å². The second kappa shape index (κ2) is 8.95. The Morgan fingerprint density at radius 3 is 2.30 bits per heavy atom. The van der Waals surface area contributed by atoms with Crippen molar-refractivity contribution >= 4 is 17.5 Å². The van der Waals surface area contributed by atoms with Crippen LogP contribution in [0, 0.1) is 0 Å². The summed E-state index contributed by atoms with van der Waals surface area (Å²) in [5, 5.41) is 0.656. The summed E-state index contributed by atoms with van der Waals surface area (Å²) in [6.45, 7) is 7.48. The van der Waals surface area contributed by atoms with Gasteiger partial charge in [-0.2, -0.15) is 0 Å². The highest BCUT2D eigenvalue weighted by Gasteiger charge is 2.24. The molecule has 1 rings (SSSR count). The van der Waals surface area contributed by atoms with E-state index >= 15 is 0 Å². The van der Waals surface area contributed by atoms with E-state index in [2.05, 4.69) is 0 Å². The molecule has 0 saturated carbocycles. The number of rotatable bonds is 8. The average Bonchev–Trinajstić information content (AvgIpc) is 2.45. The lowest BCUT2D eigenvalue weighted by atomic mass is 10.2. The van der Waals surface area contributed by atoms with Crippen molar-refractivity contribution in [3.05, 3.63) is 34.9 Å². The summed E-state index contributed by atoms with van der Waals surface area (Å²) in [5.74, 6) is -0.170. The molecule has 5 heteroatoms. The van der Waals surface area contributed by atoms with E-state index in [-0.39, 0.29) is 5.91 Å². The van der Waals surface area contributed by atoms with Crippen LogP contribution in [0.3, 0.4) is 0 Å². The quantitative estimate of drug-likeness (QED) is 0.692. The molecular formula is C15H22ClNO3. The molecule has 0 aromatic heterocycles. The molecular weight excluding hydrogens is 278 g/mol. The summed E-state index contributed by atoms with van der Waals surface area (Å²) in [4.78, 5) is 14.1. The first-order valence-electron chi connectivity index (χ1n) is 6.89. The van der Waals surface area contributed by atoms with Crippen LogP contribution in [-0.2, 0) is 20.8 Å². The summed E-state index contributed by atoms with van der Waals surface area (Å²) in [6.07, 6.45) is -0.840. The van der Waals surface area contributed by atoms with Gasteiger partial charge >= 0.3 is 0 Å². The SMILES string of the molecule is CCOC(OCC)C(=O)N(CC)Cc1ccccc1Cl. The van der Waals surface area contributed by atoms with Crippen molar-refractivity contribution in [2.45, 2.75) is 33.6 Å². The number of halogens is 1. The van der Waals surface area contributed by atoms with Crippen LogP contribution in [0.5, 0.6) is 0 Å². The van der Waals surface area contributed by atoms with Crippen molar-refractivity contribution in [1.29, 1.82) is 0 Å². The van der Waals surface area contributed by atoms with Crippen molar-refractivity contribution in [2.24, 2.45) is 0 Å². The molecule has 0 aliphatic carbocycles. The summed E-state index contributed by atoms with van der Waals surface area (Å²) in [5.41, 5.74) is 0.913. The molecule has 112 valence electrons. The number of nitrogens with zero attached hydrogens (tertiary/aromatic N) is 1. The zero-order valence-electron chi connectivity index (χ0n) is 12.3. The standard InChI is InChI=1S/C15H22ClNO3/c1-4-17(11-12-9-7-8-10-13(12)16)14(18)15(19-5-2)20-6-3/h7-10,15H,4-6,11H2,1-3H3. The molecule has 0 aliphatic heterocycles. The van der Waals surface area contributed by atoms with Gasteiger partial charge < -0.3 is 14.4 Å². The number of likely N-dealkylation sites (N-methyl/N-ethyl adjacent to an activating group) is 1. The van der Waals surface area contributed by atoms with Crippen molar-refractivity contribution in [3.63, 3.8) is 0 Å². The molecule has 0 radical (unpaired) electrons. The highest BCUT2D eigenvalue weighted by molar-refractivity contribution is 6.31. The molecule has 0 unspecified atom stereocenters. The van der Waals surface area contributed by atoms with Gasteiger partial charge in [-0.25, -0.2) is 0 Å². The van der Waals surface area contributed by atoms with E-state index < -0.39 is 6.29 Å². The first kappa shape index (κ1) is 17.0. The summed E-state index contributed by atoms with van der Waals surface area (Å²) < 4.78 is 10.7. The third kappa shape index (κ3) is 4.78. The Labute approximate surface area is 125 Å². The van der Waals surface area contributed by atoms with Crippen molar-refractivity contribution in [2.75, 3.05) is 19.8 Å². The fourth-order valence-corrected chi connectivity index (χ4v) is 2.02. The van der Waals surface area contributed by atoms with E-state index in [1.54, 1.807) is 4.90 Å². The van der Waals surface area contributed by atoms with Crippen LogP contribution in [0.2, 0.25) is 5.02 Å². The van der Waals surface area contributed by atoms with E-state index in [0.717, 1.165) is 5.56 Å². The van der Waals surface area contributed by atoms with Crippen molar-refractivity contribution < 1.29 is 14.3 Å². The molecule has 1 aromatic carbocycles. The molecule has 1 aromatic rings. The highest BCUT2D eigenvalue weighted by atomic mass is 35.5. The number of carbonyl (C=O) groups excluding carboxylic acids is 1. The topological polar surface area (TPSA) is 38.8 Å². The lowest BCUT2D eigenvalue weighted by Crippen LogP contribution is -2.41. The minimum absolute atomic E-state index is 0.170. The van der Waals surface area contributed by atoms with Crippen LogP contribution in [0.1, 0.15) is 26.3 Å². The zero-order chi connectivity index (χ0) is 15.0. The smallest absolute Gasteiger partial charge is 0.279 e. The monoisotopic (exact) mass is 299 g/mol. The lowest BCUT2D eigenvalue weighted by molar-refractivity contribution is -0.181. The Hall–Kier alpha value is -1.10. The Morgan fingerprint density at radius 2 is 1.80 bits per heavy atom. The Morgan fingerprint density at radius 1 is 1.20 bits per heavy atom. The highest BCUT2D eigenvalue weighted by Crippen LogP contribution is 2.17. The first-order chi connectivity index (χ1) is 9.63. The van der Waals surface area contributed by atoms with Gasteiger partial charge in [-0.3, -0.25) is 4.79 Å². The second-order valence-corrected chi connectivity index (χ2v) is 4.59. The van der Waals surface area contributed by atoms with Crippen LogP contribution in [0.4, 0.5) is 0 Å². The molecule has 0 N–H and O–H groups in total. The van der Waals surface area contributed by atoms with Gasteiger partial charge in [0.25, 0.3) is 5.91 Å². The molecule has 4 nitrogen and oxygen atoms in total. The van der Waals surface area contributed by atoms with E-state index in [0.29, 0.717) is 31.3 Å². The first-order valence-corrected chi connectivity index (χ1v) is 7.27. The van der Waals surface area contributed by atoms with Gasteiger partial charge in [0.05, 0.1) is 0 Å². The predicted octanol–water partition coefficient (Wildman–Crippen LogP) is 3.09. The van der Waals surface area contributed by atoms with Crippen LogP contribution in [-0.4, -0.2) is 36.9 Å². The van der Waals surface area contributed by atoms with E-state index in [4.69, 9.17) is 21.1 Å². The van der Waals surface area contributed by atoms with Crippen molar-refractivity contribution in [1.82, 2.24) is 4.90 Å². The molecule has 20 heavy (non-hydrogen) atoms. The fourth-order valence-electron chi connectivity index (χ4n) is 1.82. The number of ether oxygens (including phenoxy) is 2. The molecule has 0 heterocycles. The number of benzene rings is 1. The molecule has 0 bridgehead atoms. The van der Waals surface area contributed by atoms with Gasteiger partial charge in [0, 0.05) is 31.3 Å². The third-order valence-corrected chi connectivity index (χ3v) is 3.22. The number of carbonyl (C=O) groups is 1. The predicted molar refractivity (Wildman–Crippen MR) is 79.6 cm³/mol. The summed E-state index contributed by atoms with van der Waals surface area (Å²) in [6, 6.07) is 7.50. The number of hydrogen-bond donors (Lipinski definition) is 0. The molecule has 1 amide bonds. The maximum Gasteiger partial charge on any atom is 0.279 e. The Bertz CT molecular complexity index is 419. The third-order valence-electron chi connectivity index (χ3n) is 2.85. The van der Waals surface area contributed by atoms with Crippen LogP contribution in [0.15, 0.2) is 24.3 Å². The summed E-state index contributed by atoms with van der Waals surface area (Å²) >= 11 is 6.13. The second-order valence-electron chi connectivity index (χ2n) is 4.19. The minimum atomic E-state index is -0.840. The van der Waals surface area contributed by atoms with Crippen LogP contribution in [0.25, 0.3) is 0 Å². The largest absolute Gasteiger partial charge is 0.345 e. The Balaban J connectivity index is 2.78. The maximum atomic E-state index is 12.4. The summed E-state index contributed by atoms with van der Waals surface area (Å²) in [7, 11) is 0. The van der Waals surface area contributed by atoms with Crippen LogP contribution < -0.4 is 0 Å². The Kier molecular flexibility index (Phi) is 7.59. The van der Waals surface area contributed by atoms with Gasteiger partial charge in [-0.1, -0.05) is 29.8 Å². The number of amides is 1. The van der Waals surface area contributed by atoms with Gasteiger partial charge in [0.15, 0.2) is 0 Å². The number of hydrogen-bond acceptors (Lipinski definition) is 3. The van der Waals surface area contributed by atoms with Gasteiger partial charge in [0.2, 0.25) is 6.29 Å². The van der Waals surface area contributed by atoms with E-state index in [9.17, 15) is 4.79 Å². The average molecular weight is 300 g/mol. The maximum absolute atomic E-state index is 12.4. The molecule has 0 saturated heterocycles. The van der Waals surface area contributed by atoms with Gasteiger partial charge in [-0.05, 0) is 32.4 Å². The zero-order valence-corrected chi connectivity index (χ0v) is 13.0. The van der Waals surface area contributed by atoms with E-state index in [1.165, 1.54) is 0 Å². The molecule has 0 spiro atoms. The van der Waals surface area contributed by atoms with Gasteiger partial charge in [0.1, 0.15) is 0 Å². The van der Waals surface area contributed by atoms with Gasteiger partial charge in [-0.15, -0.1) is 0 Å². The van der Waals surface area contributed by atoms with Crippen molar-refractivity contribution in [3.8, 4) is 0 Å². The lowest BCUT2D eigenvalue weighted by Gasteiger charge is -2.26. The molecule has 0 atom stereocenters. The van der Waals surface area contributed by atoms with Crippen LogP contribution >= 0.6 is 11.6 Å². The minimum Gasteiger partial charge on any atom is -0.345 e. The molecule has 0 fully saturated rings.